The van der Waals surface area contributed by atoms with E-state index in [9.17, 15) is 9.59 Å². The largest absolute Gasteiger partial charge is 0.481 e. The molecule has 2 N–H and O–H groups in total. The van der Waals surface area contributed by atoms with Crippen molar-refractivity contribution < 1.29 is 19.4 Å². The number of rotatable bonds is 9. The maximum absolute atomic E-state index is 12.0. The van der Waals surface area contributed by atoms with Crippen molar-refractivity contribution in [2.75, 3.05) is 19.8 Å². The molecule has 116 valence electrons. The van der Waals surface area contributed by atoms with Gasteiger partial charge in [0.05, 0.1) is 6.42 Å². The lowest BCUT2D eigenvalue weighted by Gasteiger charge is -2.35. The third-order valence-electron chi connectivity index (χ3n) is 3.97. The summed E-state index contributed by atoms with van der Waals surface area (Å²) in [5, 5.41) is 11.9. The van der Waals surface area contributed by atoms with Gasteiger partial charge in [0.2, 0.25) is 5.91 Å². The Labute approximate surface area is 121 Å². The molecule has 1 aliphatic rings. The second kappa shape index (κ2) is 8.95. The summed E-state index contributed by atoms with van der Waals surface area (Å²) >= 11 is 0. The number of carboxylic acids is 1. The fourth-order valence-corrected chi connectivity index (χ4v) is 2.99. The maximum atomic E-state index is 12.0. The van der Waals surface area contributed by atoms with E-state index in [1.807, 2.05) is 6.92 Å². The Morgan fingerprint density at radius 3 is 2.50 bits per heavy atom. The van der Waals surface area contributed by atoms with Crippen LogP contribution in [0, 0.1) is 5.41 Å². The smallest absolute Gasteiger partial charge is 0.303 e. The van der Waals surface area contributed by atoms with Gasteiger partial charge in [0.15, 0.2) is 0 Å². The molecule has 0 bridgehead atoms. The Hall–Kier alpha value is -1.10. The Morgan fingerprint density at radius 1 is 1.20 bits per heavy atom. The van der Waals surface area contributed by atoms with Crippen LogP contribution in [0.4, 0.5) is 0 Å². The number of amides is 1. The Kier molecular flexibility index (Phi) is 7.59. The third kappa shape index (κ3) is 6.37. The van der Waals surface area contributed by atoms with Crippen molar-refractivity contribution in [3.63, 3.8) is 0 Å². The lowest BCUT2D eigenvalue weighted by Crippen LogP contribution is -2.35. The Balaban J connectivity index is 2.36. The molecule has 1 rings (SSSR count). The quantitative estimate of drug-likeness (QED) is 0.638. The van der Waals surface area contributed by atoms with Crippen LogP contribution < -0.4 is 5.32 Å². The number of hydrogen-bond acceptors (Lipinski definition) is 3. The van der Waals surface area contributed by atoms with Crippen molar-refractivity contribution >= 4 is 11.9 Å². The van der Waals surface area contributed by atoms with Crippen molar-refractivity contribution in [2.24, 2.45) is 5.41 Å². The third-order valence-corrected chi connectivity index (χ3v) is 3.97. The summed E-state index contributed by atoms with van der Waals surface area (Å²) in [6.07, 6.45) is 6.17. The van der Waals surface area contributed by atoms with Crippen LogP contribution in [0.1, 0.15) is 58.3 Å². The first-order chi connectivity index (χ1) is 9.58. The van der Waals surface area contributed by atoms with Crippen molar-refractivity contribution in [3.8, 4) is 0 Å². The second-order valence-corrected chi connectivity index (χ2v) is 5.71. The molecule has 0 spiro atoms. The van der Waals surface area contributed by atoms with Crippen molar-refractivity contribution in [1.29, 1.82) is 0 Å². The van der Waals surface area contributed by atoms with E-state index in [4.69, 9.17) is 9.84 Å². The molecular formula is C15H27NO4. The topological polar surface area (TPSA) is 75.6 Å². The van der Waals surface area contributed by atoms with Crippen molar-refractivity contribution in [2.45, 2.75) is 58.3 Å². The van der Waals surface area contributed by atoms with E-state index in [1.165, 1.54) is 0 Å². The maximum Gasteiger partial charge on any atom is 0.303 e. The highest BCUT2D eigenvalue weighted by atomic mass is 16.5. The van der Waals surface area contributed by atoms with E-state index in [1.54, 1.807) is 0 Å². The van der Waals surface area contributed by atoms with Gasteiger partial charge in [0, 0.05) is 26.2 Å². The molecule has 0 atom stereocenters. The normalized spacial score (nSPS) is 17.6. The highest BCUT2D eigenvalue weighted by Crippen LogP contribution is 2.42. The Bertz CT molecular complexity index is 311. The minimum Gasteiger partial charge on any atom is -0.481 e. The van der Waals surface area contributed by atoms with Gasteiger partial charge in [-0.05, 0) is 31.6 Å². The molecule has 1 aliphatic carbocycles. The summed E-state index contributed by atoms with van der Waals surface area (Å²) in [5.74, 6) is -0.819. The number of hydrogen-bond donors (Lipinski definition) is 2. The molecule has 5 heteroatoms. The molecule has 5 nitrogen and oxygen atoms in total. The van der Waals surface area contributed by atoms with E-state index < -0.39 is 5.97 Å². The van der Waals surface area contributed by atoms with E-state index in [0.29, 0.717) is 26.2 Å². The fraction of sp³-hybridized carbons (Fsp3) is 0.867. The van der Waals surface area contributed by atoms with Crippen LogP contribution in [0.25, 0.3) is 0 Å². The molecule has 0 aromatic rings. The molecular weight excluding hydrogens is 258 g/mol. The van der Waals surface area contributed by atoms with Crippen LogP contribution in [-0.2, 0) is 14.3 Å². The van der Waals surface area contributed by atoms with E-state index >= 15 is 0 Å². The van der Waals surface area contributed by atoms with Crippen LogP contribution in [0.3, 0.4) is 0 Å². The van der Waals surface area contributed by atoms with Gasteiger partial charge in [-0.25, -0.2) is 0 Å². The zero-order valence-corrected chi connectivity index (χ0v) is 12.5. The number of aliphatic carboxylic acids is 1. The zero-order valence-electron chi connectivity index (χ0n) is 12.5. The zero-order chi connectivity index (χ0) is 14.8. The van der Waals surface area contributed by atoms with Crippen LogP contribution in [0.15, 0.2) is 0 Å². The number of carbonyl (C=O) groups is 2. The van der Waals surface area contributed by atoms with Crippen molar-refractivity contribution in [1.82, 2.24) is 5.32 Å². The monoisotopic (exact) mass is 285 g/mol. The number of carboxylic acid groups (broad SMARTS) is 1. The average Bonchev–Trinajstić information content (AvgIpc) is 2.38. The first kappa shape index (κ1) is 17.0. The summed E-state index contributed by atoms with van der Waals surface area (Å²) in [7, 11) is 0. The highest BCUT2D eigenvalue weighted by molar-refractivity contribution is 5.78. The molecule has 0 aromatic carbocycles. The van der Waals surface area contributed by atoms with Gasteiger partial charge >= 0.3 is 5.97 Å². The summed E-state index contributed by atoms with van der Waals surface area (Å²) in [6, 6.07) is 0. The van der Waals surface area contributed by atoms with Gasteiger partial charge in [-0.1, -0.05) is 19.3 Å². The van der Waals surface area contributed by atoms with Gasteiger partial charge in [0.1, 0.15) is 0 Å². The summed E-state index contributed by atoms with van der Waals surface area (Å²) < 4.78 is 5.21. The van der Waals surface area contributed by atoms with E-state index in [-0.39, 0.29) is 17.7 Å². The standard InChI is InChI=1S/C15H27NO4/c1-2-20-10-6-9-16-13(17)11-15(12-14(18)19)7-4-3-5-8-15/h2-12H2,1H3,(H,16,17)(H,18,19). The predicted octanol–water partition coefficient (Wildman–Crippen LogP) is 2.34. The lowest BCUT2D eigenvalue weighted by molar-refractivity contribution is -0.141. The van der Waals surface area contributed by atoms with Crippen LogP contribution in [0.5, 0.6) is 0 Å². The number of ether oxygens (including phenoxy) is 1. The molecule has 0 aromatic heterocycles. The average molecular weight is 285 g/mol. The molecule has 1 fully saturated rings. The summed E-state index contributed by atoms with van der Waals surface area (Å²) in [4.78, 5) is 23.0. The molecule has 0 heterocycles. The van der Waals surface area contributed by atoms with Gasteiger partial charge in [0.25, 0.3) is 0 Å². The first-order valence-electron chi connectivity index (χ1n) is 7.64. The predicted molar refractivity (Wildman–Crippen MR) is 76.5 cm³/mol. The van der Waals surface area contributed by atoms with Crippen LogP contribution >= 0.6 is 0 Å². The molecule has 0 radical (unpaired) electrons. The molecule has 1 saturated carbocycles. The van der Waals surface area contributed by atoms with Gasteiger partial charge < -0.3 is 15.2 Å². The van der Waals surface area contributed by atoms with Gasteiger partial charge in [-0.15, -0.1) is 0 Å². The molecule has 0 aliphatic heterocycles. The molecule has 20 heavy (non-hydrogen) atoms. The van der Waals surface area contributed by atoms with Crippen molar-refractivity contribution in [3.05, 3.63) is 0 Å². The van der Waals surface area contributed by atoms with Crippen LogP contribution in [-0.4, -0.2) is 36.7 Å². The van der Waals surface area contributed by atoms with E-state index in [2.05, 4.69) is 5.32 Å². The molecule has 1 amide bonds. The lowest BCUT2D eigenvalue weighted by atomic mass is 9.69. The minimum atomic E-state index is -0.795. The van der Waals surface area contributed by atoms with Gasteiger partial charge in [-0.3, -0.25) is 9.59 Å². The van der Waals surface area contributed by atoms with Gasteiger partial charge in [-0.2, -0.15) is 0 Å². The minimum absolute atomic E-state index is 0.0235. The Morgan fingerprint density at radius 2 is 1.90 bits per heavy atom. The summed E-state index contributed by atoms with van der Waals surface area (Å²) in [5.41, 5.74) is -0.325. The SMILES string of the molecule is CCOCCCNC(=O)CC1(CC(=O)O)CCCCC1. The summed E-state index contributed by atoms with van der Waals surface area (Å²) in [6.45, 7) is 3.88. The highest BCUT2D eigenvalue weighted by Gasteiger charge is 2.36. The number of carbonyl (C=O) groups excluding carboxylic acids is 1. The second-order valence-electron chi connectivity index (χ2n) is 5.71. The first-order valence-corrected chi connectivity index (χ1v) is 7.64. The van der Waals surface area contributed by atoms with E-state index in [0.717, 1.165) is 38.5 Å². The molecule has 0 saturated heterocycles. The number of nitrogens with one attached hydrogen (secondary N) is 1. The van der Waals surface area contributed by atoms with Crippen LogP contribution in [0.2, 0.25) is 0 Å². The molecule has 0 unspecified atom stereocenters. The fourth-order valence-electron chi connectivity index (χ4n) is 2.99.